The van der Waals surface area contributed by atoms with E-state index in [1.165, 1.54) is 0 Å². The summed E-state index contributed by atoms with van der Waals surface area (Å²) in [6, 6.07) is 5.69. The molecule has 5 heteroatoms. The molecular weight excluding hydrogens is 290 g/mol. The molecule has 1 atom stereocenters. The molecule has 1 aromatic rings. The number of rotatable bonds is 6. The van der Waals surface area contributed by atoms with Crippen LogP contribution in [0.3, 0.4) is 0 Å². The van der Waals surface area contributed by atoms with Crippen molar-refractivity contribution in [2.75, 3.05) is 13.8 Å². The number of carbonyl (C=O) groups excluding carboxylic acids is 1. The molecule has 0 bridgehead atoms. The van der Waals surface area contributed by atoms with Gasteiger partial charge >= 0.3 is 0 Å². The maximum Gasteiger partial charge on any atom is 0.231 e. The molecule has 0 saturated heterocycles. The fourth-order valence-electron chi connectivity index (χ4n) is 2.40. The SMILES string of the molecule is CCCC(C(=O)c1ccc2c(c1)OCO2)N(C)C(C)C.Cl. The topological polar surface area (TPSA) is 38.8 Å². The van der Waals surface area contributed by atoms with Crippen LogP contribution in [0.5, 0.6) is 11.5 Å². The van der Waals surface area contributed by atoms with Crippen LogP contribution < -0.4 is 9.47 Å². The van der Waals surface area contributed by atoms with E-state index in [0.29, 0.717) is 23.1 Å². The van der Waals surface area contributed by atoms with E-state index < -0.39 is 0 Å². The van der Waals surface area contributed by atoms with Gasteiger partial charge in [-0.15, -0.1) is 12.4 Å². The zero-order valence-corrected chi connectivity index (χ0v) is 13.9. The van der Waals surface area contributed by atoms with Crippen LogP contribution in [0.15, 0.2) is 18.2 Å². The Morgan fingerprint density at radius 3 is 2.57 bits per heavy atom. The number of carbonyl (C=O) groups is 1. The number of ether oxygens (including phenoxy) is 2. The Balaban J connectivity index is 0.00000220. The molecule has 1 heterocycles. The van der Waals surface area contributed by atoms with E-state index in [1.54, 1.807) is 6.07 Å². The van der Waals surface area contributed by atoms with Gasteiger partial charge in [0.25, 0.3) is 0 Å². The van der Waals surface area contributed by atoms with Gasteiger partial charge in [-0.1, -0.05) is 13.3 Å². The van der Waals surface area contributed by atoms with Crippen LogP contribution in [0.2, 0.25) is 0 Å². The highest BCUT2D eigenvalue weighted by molar-refractivity contribution is 6.00. The van der Waals surface area contributed by atoms with Gasteiger partial charge in [0.05, 0.1) is 6.04 Å². The highest BCUT2D eigenvalue weighted by atomic mass is 35.5. The lowest BCUT2D eigenvalue weighted by Gasteiger charge is -2.30. The van der Waals surface area contributed by atoms with Gasteiger partial charge < -0.3 is 9.47 Å². The molecule has 0 aromatic heterocycles. The first kappa shape index (κ1) is 17.8. The van der Waals surface area contributed by atoms with Gasteiger partial charge in [-0.25, -0.2) is 0 Å². The molecule has 1 aromatic carbocycles. The van der Waals surface area contributed by atoms with Gasteiger partial charge in [0.2, 0.25) is 6.79 Å². The third-order valence-electron chi connectivity index (χ3n) is 3.83. The first-order chi connectivity index (χ1) is 9.54. The Bertz CT molecular complexity index is 490. The van der Waals surface area contributed by atoms with Crippen molar-refractivity contribution in [3.63, 3.8) is 0 Å². The number of benzene rings is 1. The maximum absolute atomic E-state index is 12.7. The van der Waals surface area contributed by atoms with E-state index in [-0.39, 0.29) is 31.0 Å². The van der Waals surface area contributed by atoms with E-state index in [1.807, 2.05) is 19.2 Å². The fourth-order valence-corrected chi connectivity index (χ4v) is 2.40. The van der Waals surface area contributed by atoms with Crippen LogP contribution in [0.4, 0.5) is 0 Å². The van der Waals surface area contributed by atoms with Crippen LogP contribution in [-0.4, -0.2) is 36.6 Å². The molecule has 1 aliphatic rings. The molecule has 0 spiro atoms. The maximum atomic E-state index is 12.7. The van der Waals surface area contributed by atoms with Gasteiger partial charge in [0, 0.05) is 11.6 Å². The van der Waals surface area contributed by atoms with E-state index in [4.69, 9.17) is 9.47 Å². The van der Waals surface area contributed by atoms with Crippen molar-refractivity contribution in [3.05, 3.63) is 23.8 Å². The molecule has 1 aliphatic heterocycles. The van der Waals surface area contributed by atoms with Gasteiger partial charge in [-0.05, 0) is 45.5 Å². The summed E-state index contributed by atoms with van der Waals surface area (Å²) in [6.07, 6.45) is 1.85. The molecule has 0 N–H and O–H groups in total. The zero-order chi connectivity index (χ0) is 14.7. The average molecular weight is 314 g/mol. The number of likely N-dealkylation sites (N-methyl/N-ethyl adjacent to an activating group) is 1. The lowest BCUT2D eigenvalue weighted by atomic mass is 9.98. The average Bonchev–Trinajstić information content (AvgIpc) is 2.90. The van der Waals surface area contributed by atoms with Crippen molar-refractivity contribution in [1.29, 1.82) is 0 Å². The van der Waals surface area contributed by atoms with Crippen molar-refractivity contribution in [2.45, 2.75) is 45.7 Å². The summed E-state index contributed by atoms with van der Waals surface area (Å²) in [7, 11) is 2.01. The highest BCUT2D eigenvalue weighted by Crippen LogP contribution is 2.33. The standard InChI is InChI=1S/C16H23NO3.ClH/c1-5-6-13(17(4)11(2)3)16(18)12-7-8-14-15(9-12)20-10-19-14;/h7-9,11,13H,5-6,10H2,1-4H3;1H. The number of fused-ring (bicyclic) bond motifs is 1. The van der Waals surface area contributed by atoms with Crippen molar-refractivity contribution in [3.8, 4) is 11.5 Å². The van der Waals surface area contributed by atoms with Crippen molar-refractivity contribution >= 4 is 18.2 Å². The Morgan fingerprint density at radius 1 is 1.29 bits per heavy atom. The summed E-state index contributed by atoms with van der Waals surface area (Å²) >= 11 is 0. The number of nitrogens with zero attached hydrogens (tertiary/aromatic N) is 1. The summed E-state index contributed by atoms with van der Waals surface area (Å²) in [4.78, 5) is 14.9. The van der Waals surface area contributed by atoms with Gasteiger partial charge in [0.1, 0.15) is 0 Å². The molecular formula is C16H24ClNO3. The monoisotopic (exact) mass is 313 g/mol. The largest absolute Gasteiger partial charge is 0.454 e. The predicted molar refractivity (Wildman–Crippen MR) is 85.7 cm³/mol. The van der Waals surface area contributed by atoms with Gasteiger partial charge in [-0.2, -0.15) is 0 Å². The molecule has 0 fully saturated rings. The molecule has 4 nitrogen and oxygen atoms in total. The quantitative estimate of drug-likeness (QED) is 0.753. The van der Waals surface area contributed by atoms with E-state index in [0.717, 1.165) is 12.8 Å². The molecule has 0 radical (unpaired) electrons. The molecule has 0 amide bonds. The molecule has 118 valence electrons. The van der Waals surface area contributed by atoms with Crippen molar-refractivity contribution in [1.82, 2.24) is 4.90 Å². The van der Waals surface area contributed by atoms with Crippen LogP contribution in [-0.2, 0) is 0 Å². The van der Waals surface area contributed by atoms with Crippen LogP contribution in [0, 0.1) is 0 Å². The van der Waals surface area contributed by atoms with Gasteiger partial charge in [0.15, 0.2) is 17.3 Å². The number of Topliss-reactive ketones (excluding diaryl/α,β-unsaturated/α-hetero) is 1. The predicted octanol–water partition coefficient (Wildman–Crippen LogP) is 3.53. The van der Waals surface area contributed by atoms with E-state index in [9.17, 15) is 4.79 Å². The number of ketones is 1. The van der Waals surface area contributed by atoms with Gasteiger partial charge in [-0.3, -0.25) is 9.69 Å². The molecule has 0 saturated carbocycles. The highest BCUT2D eigenvalue weighted by Gasteiger charge is 2.26. The number of hydrogen-bond donors (Lipinski definition) is 0. The summed E-state index contributed by atoms with van der Waals surface area (Å²) < 4.78 is 10.6. The Hall–Kier alpha value is -1.26. The molecule has 0 aliphatic carbocycles. The summed E-state index contributed by atoms with van der Waals surface area (Å²) in [5.74, 6) is 1.53. The van der Waals surface area contributed by atoms with Crippen LogP contribution in [0.1, 0.15) is 44.0 Å². The molecule has 2 rings (SSSR count). The second kappa shape index (κ2) is 7.66. The summed E-state index contributed by atoms with van der Waals surface area (Å²) in [5, 5.41) is 0. The van der Waals surface area contributed by atoms with E-state index >= 15 is 0 Å². The summed E-state index contributed by atoms with van der Waals surface area (Å²) in [6.45, 7) is 6.55. The number of halogens is 1. The normalized spacial score (nSPS) is 14.2. The first-order valence-corrected chi connectivity index (χ1v) is 7.20. The number of hydrogen-bond acceptors (Lipinski definition) is 4. The minimum absolute atomic E-state index is 0. The van der Waals surface area contributed by atoms with Crippen molar-refractivity contribution < 1.29 is 14.3 Å². The van der Waals surface area contributed by atoms with Crippen LogP contribution in [0.25, 0.3) is 0 Å². The minimum Gasteiger partial charge on any atom is -0.454 e. The smallest absolute Gasteiger partial charge is 0.231 e. The van der Waals surface area contributed by atoms with Crippen LogP contribution >= 0.6 is 12.4 Å². The first-order valence-electron chi connectivity index (χ1n) is 7.20. The third-order valence-corrected chi connectivity index (χ3v) is 3.83. The minimum atomic E-state index is -0.0830. The third kappa shape index (κ3) is 3.89. The van der Waals surface area contributed by atoms with E-state index in [2.05, 4.69) is 25.7 Å². The summed E-state index contributed by atoms with van der Waals surface area (Å²) in [5.41, 5.74) is 0.695. The lowest BCUT2D eigenvalue weighted by Crippen LogP contribution is -2.42. The Morgan fingerprint density at radius 2 is 1.95 bits per heavy atom. The molecule has 21 heavy (non-hydrogen) atoms. The lowest BCUT2D eigenvalue weighted by molar-refractivity contribution is 0.0800. The Labute approximate surface area is 132 Å². The fraction of sp³-hybridized carbons (Fsp3) is 0.562. The molecule has 1 unspecified atom stereocenters. The zero-order valence-electron chi connectivity index (χ0n) is 13.1. The second-order valence-electron chi connectivity index (χ2n) is 5.50. The second-order valence-corrected chi connectivity index (χ2v) is 5.50. The van der Waals surface area contributed by atoms with Crippen molar-refractivity contribution in [2.24, 2.45) is 0 Å². The Kier molecular flexibility index (Phi) is 6.49.